The fraction of sp³-hybridized carbons (Fsp3) is 0.583. The van der Waals surface area contributed by atoms with Crippen molar-refractivity contribution in [1.29, 1.82) is 0 Å². The Morgan fingerprint density at radius 2 is 1.34 bits per heavy atom. The molecule has 0 aromatic heterocycles. The summed E-state index contributed by atoms with van der Waals surface area (Å²) in [6.45, 7) is 21.5. The zero-order valence-electron chi connectivity index (χ0n) is 19.6. The summed E-state index contributed by atoms with van der Waals surface area (Å²) in [5.74, 6) is 0.630. The summed E-state index contributed by atoms with van der Waals surface area (Å²) in [4.78, 5) is 0. The smallest absolute Gasteiger partial charge is 1.00 e. The number of allylic oxidation sites excluding steroid dienone is 4. The second kappa shape index (κ2) is 12.5. The summed E-state index contributed by atoms with van der Waals surface area (Å²) in [6, 6.07) is 1.38. The summed E-state index contributed by atoms with van der Waals surface area (Å²) in [5.41, 5.74) is 9.36. The molecular formula is C24H37Cl3SiTi. The fourth-order valence-electron chi connectivity index (χ4n) is 5.02. The van der Waals surface area contributed by atoms with Gasteiger partial charge in [0.25, 0.3) is 0 Å². The molecular weight excluding hydrogens is 471 g/mol. The zero-order chi connectivity index (χ0) is 19.8. The van der Waals surface area contributed by atoms with E-state index in [1.54, 1.807) is 31.0 Å². The molecule has 0 N–H and O–H groups in total. The Hall–Kier alpha value is 0.501. The maximum Gasteiger partial charge on any atom is -1.00 e. The van der Waals surface area contributed by atoms with Crippen molar-refractivity contribution in [2.75, 3.05) is 0 Å². The maximum absolute atomic E-state index is 2.67. The first-order valence-corrected chi connectivity index (χ1v) is 13.8. The molecule has 0 aliphatic heterocycles. The molecule has 0 spiro atoms. The molecule has 0 saturated carbocycles. The van der Waals surface area contributed by atoms with Crippen LogP contribution in [-0.2, 0) is 20.4 Å². The van der Waals surface area contributed by atoms with Gasteiger partial charge in [-0.2, -0.15) is 0 Å². The van der Waals surface area contributed by atoms with E-state index >= 15 is 0 Å². The van der Waals surface area contributed by atoms with Crippen LogP contribution >= 0.6 is 0 Å². The number of hydrogen-bond acceptors (Lipinski definition) is 0. The molecule has 29 heavy (non-hydrogen) atoms. The second-order valence-electron chi connectivity index (χ2n) is 8.80. The summed E-state index contributed by atoms with van der Waals surface area (Å²) in [7, 11) is -1.75. The van der Waals surface area contributed by atoms with Crippen molar-refractivity contribution in [1.82, 2.24) is 0 Å². The third-order valence-corrected chi connectivity index (χ3v) is 12.5. The molecule has 2 rings (SSSR count). The molecule has 1 unspecified atom stereocenters. The Morgan fingerprint density at radius 3 is 1.76 bits per heavy atom. The van der Waals surface area contributed by atoms with E-state index < -0.39 is 8.07 Å². The Kier molecular flexibility index (Phi) is 13.7. The van der Waals surface area contributed by atoms with Crippen LogP contribution in [-0.4, -0.2) is 8.07 Å². The van der Waals surface area contributed by atoms with Gasteiger partial charge in [0.05, 0.1) is 0 Å². The van der Waals surface area contributed by atoms with Crippen molar-refractivity contribution >= 4 is 13.3 Å². The van der Waals surface area contributed by atoms with Crippen molar-refractivity contribution in [3.8, 4) is 0 Å². The van der Waals surface area contributed by atoms with Gasteiger partial charge in [-0.25, -0.2) is 0 Å². The van der Waals surface area contributed by atoms with Gasteiger partial charge in [0, 0.05) is 0 Å². The molecule has 0 radical (unpaired) electrons. The van der Waals surface area contributed by atoms with E-state index in [1.165, 1.54) is 42.0 Å². The molecule has 1 aliphatic carbocycles. The first-order valence-electron chi connectivity index (χ1n) is 10.3. The van der Waals surface area contributed by atoms with Crippen LogP contribution in [0.5, 0.6) is 0 Å². The topological polar surface area (TPSA) is 0 Å². The van der Waals surface area contributed by atoms with E-state index in [1.807, 2.05) is 0 Å². The summed E-state index contributed by atoms with van der Waals surface area (Å²) < 4.78 is 1.61. The van der Waals surface area contributed by atoms with Crippen LogP contribution in [0.3, 0.4) is 0 Å². The van der Waals surface area contributed by atoms with Crippen LogP contribution in [0, 0.1) is 40.5 Å². The predicted molar refractivity (Wildman–Crippen MR) is 116 cm³/mol. The number of benzene rings is 1. The van der Waals surface area contributed by atoms with Crippen LogP contribution < -0.4 is 42.4 Å². The third-order valence-electron chi connectivity index (χ3n) is 6.88. The minimum absolute atomic E-state index is 0. The van der Waals surface area contributed by atoms with Crippen LogP contribution in [0.15, 0.2) is 20.7 Å². The molecule has 0 bridgehead atoms. The predicted octanol–water partition coefficient (Wildman–Crippen LogP) is -2.35. The number of unbranched alkanes of at least 4 members (excludes halogenated alkanes) is 1. The van der Waals surface area contributed by atoms with Gasteiger partial charge in [-0.3, -0.25) is 0 Å². The molecule has 5 heteroatoms. The van der Waals surface area contributed by atoms with Gasteiger partial charge < -0.3 is 37.2 Å². The van der Waals surface area contributed by atoms with E-state index in [0.29, 0.717) is 5.92 Å². The molecule has 1 atom stereocenters. The SMILES string of the molecule is CCCC[Si](C)(C1=CC[C]([Ti+3])=C1C(C)C)c1c(C)c(C)c(C)c(C)c1C.[Cl-].[Cl-].[Cl-]. The molecule has 1 aromatic rings. The van der Waals surface area contributed by atoms with Gasteiger partial charge in [0.15, 0.2) is 0 Å². The molecule has 0 nitrogen and oxygen atoms in total. The average molecular weight is 508 g/mol. The fourth-order valence-corrected chi connectivity index (χ4v) is 11.5. The van der Waals surface area contributed by atoms with Gasteiger partial charge in [-0.15, -0.1) is 0 Å². The van der Waals surface area contributed by atoms with Crippen molar-refractivity contribution < 1.29 is 57.7 Å². The molecule has 1 aliphatic rings. The maximum atomic E-state index is 2.67. The largest absolute Gasteiger partial charge is 1.00 e. The van der Waals surface area contributed by atoms with E-state index in [9.17, 15) is 0 Å². The van der Waals surface area contributed by atoms with E-state index in [2.05, 4.69) is 88.4 Å². The van der Waals surface area contributed by atoms with Crippen LogP contribution in [0.4, 0.5) is 0 Å². The zero-order valence-corrected chi connectivity index (χ0v) is 24.4. The first-order chi connectivity index (χ1) is 12.1. The number of halogens is 3. The average Bonchev–Trinajstić information content (AvgIpc) is 2.99. The van der Waals surface area contributed by atoms with E-state index in [0.717, 1.165) is 0 Å². The minimum atomic E-state index is -1.75. The van der Waals surface area contributed by atoms with Gasteiger partial charge in [0.1, 0.15) is 0 Å². The van der Waals surface area contributed by atoms with Crippen molar-refractivity contribution in [3.05, 3.63) is 48.5 Å². The standard InChI is InChI=1S/C24H37Si.3ClH.Ti/c1-10-11-15-25(9,23-14-12-13-22(23)16(2)3)24-20(7)18(5)17(4)19(6)21(24)8;;;;/h14,16H,10-12,15H2,1-9H3;3*1H;/q;;;;+3/p-3. The van der Waals surface area contributed by atoms with E-state index in [4.69, 9.17) is 0 Å². The van der Waals surface area contributed by atoms with Crippen LogP contribution in [0.2, 0.25) is 12.6 Å². The molecule has 162 valence electrons. The second-order valence-corrected chi connectivity index (χ2v) is 13.9. The molecule has 0 heterocycles. The summed E-state index contributed by atoms with van der Waals surface area (Å²) in [6.07, 6.45) is 6.41. The first kappa shape index (κ1) is 31.7. The number of hydrogen-bond donors (Lipinski definition) is 0. The molecule has 0 amide bonds. The molecule has 0 saturated heterocycles. The quantitative estimate of drug-likeness (QED) is 0.379. The van der Waals surface area contributed by atoms with Gasteiger partial charge in [0.2, 0.25) is 0 Å². The van der Waals surface area contributed by atoms with Crippen molar-refractivity contribution in [2.45, 2.75) is 87.2 Å². The Bertz CT molecular complexity index is 752. The summed E-state index contributed by atoms with van der Waals surface area (Å²) >= 11 is 2.36. The van der Waals surface area contributed by atoms with Crippen molar-refractivity contribution in [2.24, 2.45) is 5.92 Å². The normalized spacial score (nSPS) is 15.4. The number of rotatable bonds is 6. The van der Waals surface area contributed by atoms with Gasteiger partial charge in [-0.1, -0.05) is 0 Å². The van der Waals surface area contributed by atoms with Gasteiger partial charge in [-0.05, 0) is 0 Å². The minimum Gasteiger partial charge on any atom is -1.00 e. The third kappa shape index (κ3) is 5.85. The van der Waals surface area contributed by atoms with Gasteiger partial charge >= 0.3 is 175 Å². The molecule has 0 fully saturated rings. The van der Waals surface area contributed by atoms with Crippen LogP contribution in [0.25, 0.3) is 0 Å². The Labute approximate surface area is 211 Å². The summed E-state index contributed by atoms with van der Waals surface area (Å²) in [5, 5.41) is 3.50. The molecule has 1 aromatic carbocycles. The Balaban J connectivity index is 0. The van der Waals surface area contributed by atoms with Crippen LogP contribution in [0.1, 0.15) is 67.9 Å². The van der Waals surface area contributed by atoms with E-state index in [-0.39, 0.29) is 37.2 Å². The monoisotopic (exact) mass is 506 g/mol. The van der Waals surface area contributed by atoms with Crippen molar-refractivity contribution in [3.63, 3.8) is 0 Å². The Morgan fingerprint density at radius 1 is 0.897 bits per heavy atom.